The van der Waals surface area contributed by atoms with Crippen molar-refractivity contribution in [2.24, 2.45) is 0 Å². The number of amides is 2. The van der Waals surface area contributed by atoms with Gasteiger partial charge in [-0.25, -0.2) is 4.79 Å². The summed E-state index contributed by atoms with van der Waals surface area (Å²) >= 11 is 7.31. The van der Waals surface area contributed by atoms with Gasteiger partial charge in [-0.05, 0) is 36.8 Å². The topological polar surface area (TPSA) is 41.6 Å². The highest BCUT2D eigenvalue weighted by Crippen LogP contribution is 2.26. The van der Waals surface area contributed by atoms with Gasteiger partial charge in [0, 0.05) is 18.5 Å². The number of thiophene rings is 1. The molecule has 1 aromatic carbocycles. The fourth-order valence-electron chi connectivity index (χ4n) is 2.05. The number of hydrogen-bond donors (Lipinski definition) is 1. The van der Waals surface area contributed by atoms with Crippen molar-refractivity contribution in [2.45, 2.75) is 26.1 Å². The minimum atomic E-state index is -2.85. The molecule has 1 heterocycles. The van der Waals surface area contributed by atoms with Crippen LogP contribution >= 0.6 is 22.9 Å². The second-order valence-corrected chi connectivity index (χ2v) is 6.94. The molecule has 1 unspecified atom stereocenters. The van der Waals surface area contributed by atoms with E-state index >= 15 is 0 Å². The van der Waals surface area contributed by atoms with Crippen molar-refractivity contribution >= 4 is 29.0 Å². The molecule has 0 spiro atoms. The number of nitrogens with one attached hydrogen (secondary N) is 1. The van der Waals surface area contributed by atoms with E-state index in [2.05, 4.69) is 10.1 Å². The first-order valence-corrected chi connectivity index (χ1v) is 8.35. The minimum Gasteiger partial charge on any atom is -0.435 e. The van der Waals surface area contributed by atoms with Gasteiger partial charge in [0.1, 0.15) is 5.75 Å². The van der Waals surface area contributed by atoms with Crippen LogP contribution in [0.1, 0.15) is 23.4 Å². The lowest BCUT2D eigenvalue weighted by molar-refractivity contribution is -0.0498. The first-order chi connectivity index (χ1) is 11.3. The number of urea groups is 1. The van der Waals surface area contributed by atoms with Gasteiger partial charge < -0.3 is 15.0 Å². The van der Waals surface area contributed by atoms with Crippen LogP contribution in [0.4, 0.5) is 13.6 Å². The molecule has 0 fully saturated rings. The monoisotopic (exact) mass is 374 g/mol. The first-order valence-electron chi connectivity index (χ1n) is 7.15. The Bertz CT molecular complexity index is 679. The van der Waals surface area contributed by atoms with Crippen molar-refractivity contribution in [3.8, 4) is 5.75 Å². The van der Waals surface area contributed by atoms with E-state index in [1.54, 1.807) is 25.2 Å². The standard InChI is InChI=1S/C16H17ClF2N2O2S/c1-10(13-7-8-14(17)24-13)20-16(22)21(2)9-11-3-5-12(6-4-11)23-15(18)19/h3-8,10,15H,9H2,1-2H3,(H,20,22). The summed E-state index contributed by atoms with van der Waals surface area (Å²) in [6.07, 6.45) is 0. The number of carbonyl (C=O) groups excluding carboxylic acids is 1. The largest absolute Gasteiger partial charge is 0.435 e. The molecule has 0 aliphatic carbocycles. The van der Waals surface area contributed by atoms with E-state index in [9.17, 15) is 13.6 Å². The molecule has 8 heteroatoms. The summed E-state index contributed by atoms with van der Waals surface area (Å²) in [6, 6.07) is 9.46. The minimum absolute atomic E-state index is 0.0871. The third kappa shape index (κ3) is 5.35. The zero-order valence-electron chi connectivity index (χ0n) is 13.1. The van der Waals surface area contributed by atoms with E-state index in [4.69, 9.17) is 11.6 Å². The molecule has 0 aliphatic heterocycles. The molecule has 1 N–H and O–H groups in total. The Labute approximate surface area is 148 Å². The van der Waals surface area contributed by atoms with Crippen LogP contribution in [0.15, 0.2) is 36.4 Å². The molecule has 1 atom stereocenters. The number of halogens is 3. The van der Waals surface area contributed by atoms with Crippen LogP contribution in [0.5, 0.6) is 5.75 Å². The fourth-order valence-corrected chi connectivity index (χ4v) is 3.11. The van der Waals surface area contributed by atoms with Crippen molar-refractivity contribution in [2.75, 3.05) is 7.05 Å². The van der Waals surface area contributed by atoms with E-state index in [0.717, 1.165) is 10.4 Å². The Balaban J connectivity index is 1.89. The number of benzene rings is 1. The molecule has 0 bridgehead atoms. The molecule has 1 aromatic heterocycles. The van der Waals surface area contributed by atoms with Gasteiger partial charge in [-0.3, -0.25) is 0 Å². The molecule has 2 amide bonds. The van der Waals surface area contributed by atoms with E-state index in [0.29, 0.717) is 10.9 Å². The number of alkyl halides is 2. The van der Waals surface area contributed by atoms with Gasteiger partial charge in [0.15, 0.2) is 0 Å². The van der Waals surface area contributed by atoms with Crippen LogP contribution in [-0.2, 0) is 6.54 Å². The maximum atomic E-state index is 12.2. The molecule has 2 rings (SSSR count). The summed E-state index contributed by atoms with van der Waals surface area (Å²) in [4.78, 5) is 14.7. The van der Waals surface area contributed by atoms with E-state index in [-0.39, 0.29) is 17.8 Å². The van der Waals surface area contributed by atoms with Gasteiger partial charge in [0.2, 0.25) is 0 Å². The van der Waals surface area contributed by atoms with E-state index in [1.807, 2.05) is 13.0 Å². The summed E-state index contributed by atoms with van der Waals surface area (Å²) in [5.74, 6) is 0.0871. The van der Waals surface area contributed by atoms with Crippen molar-refractivity contribution in [3.63, 3.8) is 0 Å². The Morgan fingerprint density at radius 1 is 1.29 bits per heavy atom. The number of nitrogens with zero attached hydrogens (tertiary/aromatic N) is 1. The second-order valence-electron chi connectivity index (χ2n) is 5.19. The molecule has 2 aromatic rings. The summed E-state index contributed by atoms with van der Waals surface area (Å²) in [5, 5.41) is 2.88. The van der Waals surface area contributed by atoms with Crippen LogP contribution in [0.25, 0.3) is 0 Å². The highest BCUT2D eigenvalue weighted by atomic mass is 35.5. The normalized spacial score (nSPS) is 12.1. The fraction of sp³-hybridized carbons (Fsp3) is 0.312. The Kier molecular flexibility index (Phi) is 6.39. The predicted molar refractivity (Wildman–Crippen MR) is 90.8 cm³/mol. The molecular formula is C16H17ClF2N2O2S. The van der Waals surface area contributed by atoms with Crippen molar-refractivity contribution in [3.05, 3.63) is 51.2 Å². The molecule has 4 nitrogen and oxygen atoms in total. The molecule has 0 radical (unpaired) electrons. The van der Waals surface area contributed by atoms with Gasteiger partial charge >= 0.3 is 12.6 Å². The Hall–Kier alpha value is -1.86. The van der Waals surface area contributed by atoms with Crippen molar-refractivity contribution in [1.82, 2.24) is 10.2 Å². The zero-order chi connectivity index (χ0) is 17.7. The van der Waals surface area contributed by atoms with Crippen molar-refractivity contribution in [1.29, 1.82) is 0 Å². The Morgan fingerprint density at radius 3 is 2.50 bits per heavy atom. The summed E-state index contributed by atoms with van der Waals surface area (Å²) in [6.45, 7) is -0.625. The first kappa shape index (κ1) is 18.5. The molecule has 0 aliphatic rings. The zero-order valence-corrected chi connectivity index (χ0v) is 14.7. The quantitative estimate of drug-likeness (QED) is 0.780. The summed E-state index contributed by atoms with van der Waals surface area (Å²) in [7, 11) is 1.66. The van der Waals surface area contributed by atoms with Crippen LogP contribution in [-0.4, -0.2) is 24.6 Å². The van der Waals surface area contributed by atoms with Gasteiger partial charge in [-0.15, -0.1) is 11.3 Å². The average molecular weight is 375 g/mol. The van der Waals surface area contributed by atoms with Gasteiger partial charge in [0.05, 0.1) is 10.4 Å². The van der Waals surface area contributed by atoms with Gasteiger partial charge in [0.25, 0.3) is 0 Å². The molecule has 0 saturated heterocycles. The van der Waals surface area contributed by atoms with E-state index < -0.39 is 6.61 Å². The van der Waals surface area contributed by atoms with E-state index in [1.165, 1.54) is 28.4 Å². The second kappa shape index (κ2) is 8.30. The molecule has 130 valence electrons. The van der Waals surface area contributed by atoms with Gasteiger partial charge in [-0.1, -0.05) is 23.7 Å². The maximum Gasteiger partial charge on any atom is 0.387 e. The van der Waals surface area contributed by atoms with Crippen LogP contribution in [0, 0.1) is 0 Å². The molecule has 24 heavy (non-hydrogen) atoms. The van der Waals surface area contributed by atoms with Crippen LogP contribution in [0.2, 0.25) is 4.34 Å². The lowest BCUT2D eigenvalue weighted by Gasteiger charge is -2.21. The lowest BCUT2D eigenvalue weighted by Crippen LogP contribution is -2.37. The summed E-state index contributed by atoms with van der Waals surface area (Å²) in [5.41, 5.74) is 0.807. The van der Waals surface area contributed by atoms with Crippen molar-refractivity contribution < 1.29 is 18.3 Å². The molecule has 0 saturated carbocycles. The Morgan fingerprint density at radius 2 is 1.96 bits per heavy atom. The smallest absolute Gasteiger partial charge is 0.387 e. The third-order valence-electron chi connectivity index (χ3n) is 3.28. The number of carbonyl (C=O) groups is 1. The van der Waals surface area contributed by atoms with Gasteiger partial charge in [-0.2, -0.15) is 8.78 Å². The number of ether oxygens (including phenoxy) is 1. The number of hydrogen-bond acceptors (Lipinski definition) is 3. The highest BCUT2D eigenvalue weighted by molar-refractivity contribution is 7.16. The predicted octanol–water partition coefficient (Wildman–Crippen LogP) is 4.91. The van der Waals surface area contributed by atoms with Crippen LogP contribution in [0.3, 0.4) is 0 Å². The SMILES string of the molecule is CC(NC(=O)N(C)Cc1ccc(OC(F)F)cc1)c1ccc(Cl)s1. The average Bonchev–Trinajstić information content (AvgIpc) is 2.95. The van der Waals surface area contributed by atoms with Crippen LogP contribution < -0.4 is 10.1 Å². The number of rotatable bonds is 6. The highest BCUT2D eigenvalue weighted by Gasteiger charge is 2.15. The summed E-state index contributed by atoms with van der Waals surface area (Å²) < 4.78 is 29.2. The third-order valence-corrected chi connectivity index (χ3v) is 4.69. The maximum absolute atomic E-state index is 12.2. The lowest BCUT2D eigenvalue weighted by atomic mass is 10.2. The molecular weight excluding hydrogens is 358 g/mol.